The van der Waals surface area contributed by atoms with E-state index in [1.807, 2.05) is 0 Å². The van der Waals surface area contributed by atoms with Crippen LogP contribution < -0.4 is 16.0 Å². The summed E-state index contributed by atoms with van der Waals surface area (Å²) in [5.74, 6) is -0.754. The number of rotatable bonds is 6. The second-order valence-corrected chi connectivity index (χ2v) is 5.23. The van der Waals surface area contributed by atoms with Crippen LogP contribution >= 0.6 is 0 Å². The lowest BCUT2D eigenvalue weighted by atomic mass is 10.1. The standard InChI is InChI=1S/C19H19N3O3/c1-3-17(23)21-12-13-7-9-14(10-8-13)19(25)22-16-6-4-5-15(11-16)18(24)20-2/h3-11H,1,12H2,2H3,(H,20,24)(H,21,23)(H,22,25). The Morgan fingerprint density at radius 3 is 2.36 bits per heavy atom. The average molecular weight is 337 g/mol. The van der Waals surface area contributed by atoms with Gasteiger partial charge in [-0.3, -0.25) is 14.4 Å². The predicted octanol–water partition coefficient (Wildman–Crippen LogP) is 2.10. The van der Waals surface area contributed by atoms with Crippen molar-refractivity contribution < 1.29 is 14.4 Å². The Labute approximate surface area is 145 Å². The van der Waals surface area contributed by atoms with Crippen molar-refractivity contribution in [3.05, 3.63) is 77.9 Å². The van der Waals surface area contributed by atoms with Crippen molar-refractivity contribution in [3.8, 4) is 0 Å². The van der Waals surface area contributed by atoms with Gasteiger partial charge in [0.15, 0.2) is 0 Å². The van der Waals surface area contributed by atoms with E-state index >= 15 is 0 Å². The van der Waals surface area contributed by atoms with E-state index in [-0.39, 0.29) is 17.7 Å². The molecule has 0 aliphatic carbocycles. The molecule has 0 radical (unpaired) electrons. The van der Waals surface area contributed by atoms with E-state index in [1.165, 1.54) is 6.08 Å². The molecule has 3 N–H and O–H groups in total. The second kappa shape index (κ2) is 8.44. The summed E-state index contributed by atoms with van der Waals surface area (Å²) in [6.07, 6.45) is 1.20. The van der Waals surface area contributed by atoms with Gasteiger partial charge in [-0.25, -0.2) is 0 Å². The molecule has 6 nitrogen and oxygen atoms in total. The fraction of sp³-hybridized carbons (Fsp3) is 0.105. The summed E-state index contributed by atoms with van der Waals surface area (Å²) in [7, 11) is 1.55. The van der Waals surface area contributed by atoms with Gasteiger partial charge in [-0.05, 0) is 42.0 Å². The summed E-state index contributed by atoms with van der Waals surface area (Å²) in [5.41, 5.74) is 2.35. The molecule has 0 aliphatic rings. The lowest BCUT2D eigenvalue weighted by Crippen LogP contribution is -2.20. The highest BCUT2D eigenvalue weighted by Crippen LogP contribution is 2.13. The Morgan fingerprint density at radius 1 is 1.00 bits per heavy atom. The molecule has 0 unspecified atom stereocenters. The van der Waals surface area contributed by atoms with Gasteiger partial charge < -0.3 is 16.0 Å². The summed E-state index contributed by atoms with van der Waals surface area (Å²) in [4.78, 5) is 35.1. The van der Waals surface area contributed by atoms with Crippen molar-refractivity contribution in [2.45, 2.75) is 6.54 Å². The van der Waals surface area contributed by atoms with Gasteiger partial charge in [0.2, 0.25) is 5.91 Å². The molecule has 2 aromatic rings. The van der Waals surface area contributed by atoms with Crippen LogP contribution in [0.1, 0.15) is 26.3 Å². The van der Waals surface area contributed by atoms with E-state index in [1.54, 1.807) is 55.6 Å². The minimum Gasteiger partial charge on any atom is -0.355 e. The number of hydrogen-bond donors (Lipinski definition) is 3. The summed E-state index contributed by atoms with van der Waals surface area (Å²) in [6, 6.07) is 13.6. The lowest BCUT2D eigenvalue weighted by molar-refractivity contribution is -0.116. The summed E-state index contributed by atoms with van der Waals surface area (Å²) < 4.78 is 0. The van der Waals surface area contributed by atoms with Crippen LogP contribution in [0, 0.1) is 0 Å². The van der Waals surface area contributed by atoms with Crippen LogP contribution in [0.4, 0.5) is 5.69 Å². The molecule has 0 saturated heterocycles. The fourth-order valence-corrected chi connectivity index (χ4v) is 2.12. The minimum absolute atomic E-state index is 0.220. The molecular formula is C19H19N3O3. The molecule has 2 aromatic carbocycles. The second-order valence-electron chi connectivity index (χ2n) is 5.23. The Morgan fingerprint density at radius 2 is 1.72 bits per heavy atom. The zero-order valence-electron chi connectivity index (χ0n) is 13.8. The van der Waals surface area contributed by atoms with E-state index < -0.39 is 0 Å². The van der Waals surface area contributed by atoms with Crippen molar-refractivity contribution in [3.63, 3.8) is 0 Å². The molecule has 0 aliphatic heterocycles. The van der Waals surface area contributed by atoms with Crippen LogP contribution in [-0.2, 0) is 11.3 Å². The van der Waals surface area contributed by atoms with E-state index in [0.717, 1.165) is 5.56 Å². The quantitative estimate of drug-likeness (QED) is 0.706. The number of nitrogens with one attached hydrogen (secondary N) is 3. The van der Waals surface area contributed by atoms with Crippen LogP contribution in [0.15, 0.2) is 61.2 Å². The molecule has 0 heterocycles. The van der Waals surface area contributed by atoms with Gasteiger partial charge in [-0.2, -0.15) is 0 Å². The fourth-order valence-electron chi connectivity index (χ4n) is 2.12. The monoisotopic (exact) mass is 337 g/mol. The van der Waals surface area contributed by atoms with Gasteiger partial charge >= 0.3 is 0 Å². The van der Waals surface area contributed by atoms with Crippen molar-refractivity contribution >= 4 is 23.4 Å². The van der Waals surface area contributed by atoms with E-state index in [4.69, 9.17) is 0 Å². The van der Waals surface area contributed by atoms with Crippen molar-refractivity contribution in [2.24, 2.45) is 0 Å². The molecule has 0 bridgehead atoms. The molecule has 2 rings (SSSR count). The molecule has 0 saturated carbocycles. The molecule has 0 fully saturated rings. The first-order chi connectivity index (χ1) is 12.0. The highest BCUT2D eigenvalue weighted by Gasteiger charge is 2.08. The third-order valence-corrected chi connectivity index (χ3v) is 3.48. The van der Waals surface area contributed by atoms with E-state index in [2.05, 4.69) is 22.5 Å². The third kappa shape index (κ3) is 5.04. The van der Waals surface area contributed by atoms with Gasteiger partial charge in [-0.1, -0.05) is 24.8 Å². The van der Waals surface area contributed by atoms with Crippen LogP contribution in [0.25, 0.3) is 0 Å². The van der Waals surface area contributed by atoms with Crippen LogP contribution in [0.3, 0.4) is 0 Å². The smallest absolute Gasteiger partial charge is 0.255 e. The number of benzene rings is 2. The lowest BCUT2D eigenvalue weighted by Gasteiger charge is -2.08. The summed E-state index contributed by atoms with van der Waals surface area (Å²) in [6.45, 7) is 3.74. The number of carbonyl (C=O) groups is 3. The average Bonchev–Trinajstić information content (AvgIpc) is 2.65. The number of carbonyl (C=O) groups excluding carboxylic acids is 3. The molecule has 3 amide bonds. The largest absolute Gasteiger partial charge is 0.355 e. The Bertz CT molecular complexity index is 798. The van der Waals surface area contributed by atoms with Gasteiger partial charge in [0.1, 0.15) is 0 Å². The van der Waals surface area contributed by atoms with E-state index in [9.17, 15) is 14.4 Å². The molecule has 0 spiro atoms. The van der Waals surface area contributed by atoms with E-state index in [0.29, 0.717) is 23.4 Å². The summed E-state index contributed by atoms with van der Waals surface area (Å²) >= 11 is 0. The SMILES string of the molecule is C=CC(=O)NCc1ccc(C(=O)Nc2cccc(C(=O)NC)c2)cc1. The summed E-state index contributed by atoms with van der Waals surface area (Å²) in [5, 5.41) is 7.95. The normalized spacial score (nSPS) is 9.80. The molecule has 128 valence electrons. The van der Waals surface area contributed by atoms with Crippen LogP contribution in [-0.4, -0.2) is 24.8 Å². The Balaban J connectivity index is 2.02. The number of hydrogen-bond acceptors (Lipinski definition) is 3. The highest BCUT2D eigenvalue weighted by atomic mass is 16.2. The van der Waals surface area contributed by atoms with Gasteiger partial charge in [0.25, 0.3) is 11.8 Å². The molecule has 0 atom stereocenters. The minimum atomic E-state index is -0.282. The zero-order chi connectivity index (χ0) is 18.2. The van der Waals surface area contributed by atoms with Crippen molar-refractivity contribution in [1.29, 1.82) is 0 Å². The Hall–Kier alpha value is -3.41. The van der Waals surface area contributed by atoms with Crippen molar-refractivity contribution in [2.75, 3.05) is 12.4 Å². The molecule has 0 aromatic heterocycles. The maximum Gasteiger partial charge on any atom is 0.255 e. The van der Waals surface area contributed by atoms with Crippen LogP contribution in [0.5, 0.6) is 0 Å². The predicted molar refractivity (Wildman–Crippen MR) is 96.3 cm³/mol. The molecule has 6 heteroatoms. The highest BCUT2D eigenvalue weighted by molar-refractivity contribution is 6.05. The number of anilines is 1. The Kier molecular flexibility index (Phi) is 6.06. The van der Waals surface area contributed by atoms with Gasteiger partial charge in [0.05, 0.1) is 0 Å². The first-order valence-electron chi connectivity index (χ1n) is 7.66. The van der Waals surface area contributed by atoms with Crippen molar-refractivity contribution in [1.82, 2.24) is 10.6 Å². The maximum atomic E-state index is 12.3. The first kappa shape index (κ1) is 17.9. The zero-order valence-corrected chi connectivity index (χ0v) is 13.8. The van der Waals surface area contributed by atoms with Gasteiger partial charge in [-0.15, -0.1) is 0 Å². The van der Waals surface area contributed by atoms with Crippen LogP contribution in [0.2, 0.25) is 0 Å². The third-order valence-electron chi connectivity index (χ3n) is 3.48. The number of amides is 3. The topological polar surface area (TPSA) is 87.3 Å². The first-order valence-corrected chi connectivity index (χ1v) is 7.66. The maximum absolute atomic E-state index is 12.3. The molecular weight excluding hydrogens is 318 g/mol. The molecule has 25 heavy (non-hydrogen) atoms. The van der Waals surface area contributed by atoms with Gasteiger partial charge in [0, 0.05) is 30.4 Å².